The largest absolute Gasteiger partial charge is 0.365 e. The van der Waals surface area contributed by atoms with Gasteiger partial charge in [-0.25, -0.2) is 0 Å². The van der Waals surface area contributed by atoms with Crippen molar-refractivity contribution in [3.8, 4) is 0 Å². The second-order valence-electron chi connectivity index (χ2n) is 7.65. The molecule has 1 amide bonds. The molecule has 128 valence electrons. The highest BCUT2D eigenvalue weighted by Crippen LogP contribution is 2.46. The molecule has 0 bridgehead atoms. The highest BCUT2D eigenvalue weighted by Gasteiger charge is 2.50. The second kappa shape index (κ2) is 5.55. The maximum Gasteiger partial charge on any atom is 0.225 e. The molecule has 0 unspecified atom stereocenters. The number of fused-ring (bicyclic) bond motifs is 2. The van der Waals surface area contributed by atoms with Gasteiger partial charge in [0.2, 0.25) is 5.91 Å². The predicted molar refractivity (Wildman–Crippen MR) is 95.1 cm³/mol. The smallest absolute Gasteiger partial charge is 0.225 e. The monoisotopic (exact) mass is 334 g/mol. The molecule has 2 aromatic rings. The first-order chi connectivity index (χ1) is 12.3. The Labute approximate surface area is 147 Å². The molecule has 1 spiro atoms. The maximum atomic E-state index is 12.5. The number of pyridine rings is 2. The number of aromatic nitrogens is 2. The summed E-state index contributed by atoms with van der Waals surface area (Å²) in [7, 11) is 0. The molecule has 25 heavy (non-hydrogen) atoms. The van der Waals surface area contributed by atoms with Crippen LogP contribution in [0, 0.1) is 5.92 Å². The molecule has 1 saturated carbocycles. The first-order valence-electron chi connectivity index (χ1n) is 9.13. The van der Waals surface area contributed by atoms with Gasteiger partial charge in [0.25, 0.3) is 0 Å². The number of carbonyl (C=O) groups excluding carboxylic acids is 1. The van der Waals surface area contributed by atoms with Crippen molar-refractivity contribution in [1.29, 1.82) is 0 Å². The van der Waals surface area contributed by atoms with Gasteiger partial charge >= 0.3 is 0 Å². The number of rotatable bonds is 3. The molecule has 2 aliphatic heterocycles. The summed E-state index contributed by atoms with van der Waals surface area (Å²) in [6.07, 6.45) is 8.79. The van der Waals surface area contributed by atoms with Crippen molar-refractivity contribution in [1.82, 2.24) is 14.9 Å². The van der Waals surface area contributed by atoms with Gasteiger partial charge in [0, 0.05) is 50.7 Å². The second-order valence-corrected chi connectivity index (χ2v) is 7.65. The number of nitrogens with zero attached hydrogens (tertiary/aromatic N) is 4. The van der Waals surface area contributed by atoms with Crippen LogP contribution in [0.4, 0.5) is 5.69 Å². The van der Waals surface area contributed by atoms with Crippen LogP contribution >= 0.6 is 0 Å². The molecule has 3 aliphatic rings. The van der Waals surface area contributed by atoms with Gasteiger partial charge in [-0.1, -0.05) is 6.07 Å². The zero-order chi connectivity index (χ0) is 16.9. The van der Waals surface area contributed by atoms with E-state index in [-0.39, 0.29) is 5.41 Å². The van der Waals surface area contributed by atoms with Crippen molar-refractivity contribution in [2.24, 2.45) is 5.92 Å². The minimum atomic E-state index is -0.0106. The van der Waals surface area contributed by atoms with Gasteiger partial charge in [-0.15, -0.1) is 0 Å². The fourth-order valence-corrected chi connectivity index (χ4v) is 4.41. The molecule has 1 saturated heterocycles. The molecule has 0 N–H and O–H groups in total. The van der Waals surface area contributed by atoms with E-state index >= 15 is 0 Å². The fourth-order valence-electron chi connectivity index (χ4n) is 4.41. The summed E-state index contributed by atoms with van der Waals surface area (Å²) in [4.78, 5) is 26.0. The average molecular weight is 334 g/mol. The summed E-state index contributed by atoms with van der Waals surface area (Å²) in [5.41, 5.74) is 3.58. The van der Waals surface area contributed by atoms with Gasteiger partial charge in [0.15, 0.2) is 0 Å². The van der Waals surface area contributed by atoms with Crippen molar-refractivity contribution in [2.75, 3.05) is 24.5 Å². The van der Waals surface area contributed by atoms with E-state index in [1.165, 1.54) is 16.9 Å². The van der Waals surface area contributed by atoms with E-state index in [0.29, 0.717) is 11.8 Å². The fraction of sp³-hybridized carbons (Fsp3) is 0.450. The zero-order valence-corrected chi connectivity index (χ0v) is 14.3. The lowest BCUT2D eigenvalue weighted by atomic mass is 9.85. The summed E-state index contributed by atoms with van der Waals surface area (Å²) >= 11 is 0. The first kappa shape index (κ1) is 14.9. The molecule has 2 fully saturated rings. The van der Waals surface area contributed by atoms with Gasteiger partial charge in [-0.3, -0.25) is 14.8 Å². The Hall–Kier alpha value is -2.43. The molecule has 5 rings (SSSR count). The number of anilines is 1. The van der Waals surface area contributed by atoms with Crippen molar-refractivity contribution in [2.45, 2.75) is 31.2 Å². The molecule has 5 heteroatoms. The van der Waals surface area contributed by atoms with Gasteiger partial charge in [-0.05, 0) is 43.0 Å². The number of carbonyl (C=O) groups is 1. The Kier molecular flexibility index (Phi) is 3.30. The highest BCUT2D eigenvalue weighted by atomic mass is 16.2. The number of hydrogen-bond donors (Lipinski definition) is 0. The lowest BCUT2D eigenvalue weighted by Crippen LogP contribution is -2.38. The molecule has 5 nitrogen and oxygen atoms in total. The molecule has 0 radical (unpaired) electrons. The average Bonchev–Trinajstić information content (AvgIpc) is 3.35. The van der Waals surface area contributed by atoms with Crippen molar-refractivity contribution >= 4 is 11.6 Å². The Bertz CT molecular complexity index is 804. The van der Waals surface area contributed by atoms with Crippen LogP contribution in [0.25, 0.3) is 0 Å². The van der Waals surface area contributed by atoms with Crippen LogP contribution in [0.1, 0.15) is 30.5 Å². The Morgan fingerprint density at radius 2 is 2.08 bits per heavy atom. The van der Waals surface area contributed by atoms with E-state index in [0.717, 1.165) is 45.4 Å². The van der Waals surface area contributed by atoms with Crippen molar-refractivity contribution in [3.63, 3.8) is 0 Å². The van der Waals surface area contributed by atoms with Crippen LogP contribution in [-0.2, 0) is 16.8 Å². The summed E-state index contributed by atoms with van der Waals surface area (Å²) in [6.45, 7) is 3.45. The van der Waals surface area contributed by atoms with Crippen LogP contribution in [-0.4, -0.2) is 40.4 Å². The quantitative estimate of drug-likeness (QED) is 0.865. The minimum Gasteiger partial charge on any atom is -0.365 e. The molecule has 4 heterocycles. The van der Waals surface area contributed by atoms with E-state index < -0.39 is 0 Å². The van der Waals surface area contributed by atoms with E-state index in [4.69, 9.17) is 4.98 Å². The first-order valence-corrected chi connectivity index (χ1v) is 9.13. The molecule has 1 aliphatic carbocycles. The lowest BCUT2D eigenvalue weighted by molar-refractivity contribution is -0.131. The van der Waals surface area contributed by atoms with E-state index in [1.807, 2.05) is 30.7 Å². The molecular weight excluding hydrogens is 312 g/mol. The minimum absolute atomic E-state index is 0.0106. The molecule has 1 atom stereocenters. The highest BCUT2D eigenvalue weighted by molar-refractivity contribution is 5.81. The molecule has 2 aromatic heterocycles. The van der Waals surface area contributed by atoms with E-state index in [9.17, 15) is 4.79 Å². The third-order valence-corrected chi connectivity index (χ3v) is 5.81. The summed E-state index contributed by atoms with van der Waals surface area (Å²) in [5.74, 6) is 0.659. The van der Waals surface area contributed by atoms with Gasteiger partial charge in [0.1, 0.15) is 0 Å². The van der Waals surface area contributed by atoms with Gasteiger partial charge < -0.3 is 9.80 Å². The summed E-state index contributed by atoms with van der Waals surface area (Å²) in [5, 5.41) is 0. The van der Waals surface area contributed by atoms with Gasteiger partial charge in [0.05, 0.1) is 16.8 Å². The third-order valence-electron chi connectivity index (χ3n) is 5.81. The van der Waals surface area contributed by atoms with Crippen LogP contribution in [0.15, 0.2) is 42.9 Å². The Morgan fingerprint density at radius 1 is 1.20 bits per heavy atom. The van der Waals surface area contributed by atoms with E-state index in [1.54, 1.807) is 0 Å². The van der Waals surface area contributed by atoms with Crippen molar-refractivity contribution < 1.29 is 4.79 Å². The summed E-state index contributed by atoms with van der Waals surface area (Å²) < 4.78 is 0. The number of hydrogen-bond acceptors (Lipinski definition) is 4. The maximum absolute atomic E-state index is 12.5. The molecular formula is C20H22N4O. The SMILES string of the molecule is O=C(C1CC1)N1CC[C@]2(C1)CN(Cc1cccnc1)c1cccnc12. The third kappa shape index (κ3) is 2.49. The number of likely N-dealkylation sites (tertiary alicyclic amines) is 1. The lowest BCUT2D eigenvalue weighted by Gasteiger charge is -2.26. The van der Waals surface area contributed by atoms with E-state index in [2.05, 4.69) is 26.9 Å². The summed E-state index contributed by atoms with van der Waals surface area (Å²) in [6, 6.07) is 8.28. The number of amides is 1. The molecule has 0 aromatic carbocycles. The zero-order valence-electron chi connectivity index (χ0n) is 14.3. The Balaban J connectivity index is 1.43. The normalized spacial score (nSPS) is 24.8. The van der Waals surface area contributed by atoms with Crippen LogP contribution < -0.4 is 4.90 Å². The Morgan fingerprint density at radius 3 is 2.88 bits per heavy atom. The standard InChI is InChI=1S/C20H22N4O/c25-19(16-5-6-16)23-10-7-20(13-23)14-24(12-15-3-1-8-21-11-15)17-4-2-9-22-18(17)20/h1-4,8-9,11,16H,5-7,10,12-14H2/t20-/m0/s1. The van der Waals surface area contributed by atoms with Gasteiger partial charge in [-0.2, -0.15) is 0 Å². The van der Waals surface area contributed by atoms with Crippen LogP contribution in [0.5, 0.6) is 0 Å². The van der Waals surface area contributed by atoms with Crippen molar-refractivity contribution in [3.05, 3.63) is 54.1 Å². The topological polar surface area (TPSA) is 49.3 Å². The predicted octanol–water partition coefficient (Wildman–Crippen LogP) is 2.38. The van der Waals surface area contributed by atoms with Crippen LogP contribution in [0.3, 0.4) is 0 Å². The van der Waals surface area contributed by atoms with Crippen LogP contribution in [0.2, 0.25) is 0 Å².